The molecule has 0 spiro atoms. The van der Waals surface area contributed by atoms with Gasteiger partial charge in [-0.1, -0.05) is 0 Å². The lowest BCUT2D eigenvalue weighted by Gasteiger charge is -1.99. The normalized spacial score (nSPS) is 10.0. The van der Waals surface area contributed by atoms with Gasteiger partial charge in [-0.2, -0.15) is 0 Å². The number of carboxylic acids is 1. The van der Waals surface area contributed by atoms with Crippen LogP contribution in [0, 0.1) is 0 Å². The highest BCUT2D eigenvalue weighted by Crippen LogP contribution is 2.05. The Bertz CT molecular complexity index is 435. The monoisotopic (exact) mass is 190 g/mol. The highest BCUT2D eigenvalue weighted by Gasteiger charge is 2.03. The van der Waals surface area contributed by atoms with Gasteiger partial charge < -0.3 is 5.11 Å². The van der Waals surface area contributed by atoms with Gasteiger partial charge in [0.05, 0.1) is 11.9 Å². The molecule has 0 saturated carbocycles. The van der Waals surface area contributed by atoms with E-state index in [1.807, 2.05) is 0 Å². The van der Waals surface area contributed by atoms with Crippen LogP contribution >= 0.6 is 0 Å². The van der Waals surface area contributed by atoms with E-state index >= 15 is 0 Å². The van der Waals surface area contributed by atoms with E-state index in [0.29, 0.717) is 0 Å². The minimum Gasteiger partial charge on any atom is -0.477 e. The van der Waals surface area contributed by atoms with Crippen LogP contribution in [0.25, 0.3) is 5.69 Å². The van der Waals surface area contributed by atoms with Crippen molar-refractivity contribution in [1.82, 2.24) is 19.7 Å². The molecule has 0 aromatic carbocycles. The summed E-state index contributed by atoms with van der Waals surface area (Å²) in [4.78, 5) is 14.3. The molecule has 0 unspecified atom stereocenters. The van der Waals surface area contributed by atoms with Gasteiger partial charge in [-0.05, 0) is 12.1 Å². The zero-order chi connectivity index (χ0) is 9.97. The van der Waals surface area contributed by atoms with Gasteiger partial charge in [-0.25, -0.2) is 9.78 Å². The molecular formula is C8H6N4O2. The SMILES string of the molecule is O=C(O)c1ccc(-n2cnnc2)cn1. The number of hydrogen-bond donors (Lipinski definition) is 1. The predicted molar refractivity (Wildman–Crippen MR) is 46.1 cm³/mol. The molecule has 0 atom stereocenters. The highest BCUT2D eigenvalue weighted by atomic mass is 16.4. The van der Waals surface area contributed by atoms with Crippen LogP contribution in [0.5, 0.6) is 0 Å². The van der Waals surface area contributed by atoms with Crippen molar-refractivity contribution in [3.05, 3.63) is 36.7 Å². The van der Waals surface area contributed by atoms with E-state index in [1.165, 1.54) is 24.9 Å². The number of carboxylic acid groups (broad SMARTS) is 1. The second-order valence-corrected chi connectivity index (χ2v) is 2.58. The van der Waals surface area contributed by atoms with E-state index in [4.69, 9.17) is 5.11 Å². The first-order valence-corrected chi connectivity index (χ1v) is 3.82. The third-order valence-corrected chi connectivity index (χ3v) is 1.68. The molecule has 6 heteroatoms. The largest absolute Gasteiger partial charge is 0.477 e. The first kappa shape index (κ1) is 8.36. The standard InChI is InChI=1S/C8H6N4O2/c13-8(14)7-2-1-6(3-9-7)12-4-10-11-5-12/h1-5H,(H,13,14). The molecule has 0 fully saturated rings. The van der Waals surface area contributed by atoms with Crippen molar-refractivity contribution >= 4 is 5.97 Å². The van der Waals surface area contributed by atoms with Crippen LogP contribution in [0.1, 0.15) is 10.5 Å². The third kappa shape index (κ3) is 1.45. The first-order chi connectivity index (χ1) is 6.77. The summed E-state index contributed by atoms with van der Waals surface area (Å²) in [6, 6.07) is 3.07. The van der Waals surface area contributed by atoms with Crippen LogP contribution in [-0.2, 0) is 0 Å². The Morgan fingerprint density at radius 1 is 1.29 bits per heavy atom. The molecule has 2 rings (SSSR count). The van der Waals surface area contributed by atoms with Gasteiger partial charge in [0.1, 0.15) is 18.3 Å². The molecule has 0 aliphatic carbocycles. The van der Waals surface area contributed by atoms with Gasteiger partial charge in [-0.15, -0.1) is 10.2 Å². The second-order valence-electron chi connectivity index (χ2n) is 2.58. The lowest BCUT2D eigenvalue weighted by Crippen LogP contribution is -2.00. The predicted octanol–water partition coefficient (Wildman–Crippen LogP) is 0.360. The molecule has 2 aromatic rings. The highest BCUT2D eigenvalue weighted by molar-refractivity contribution is 5.85. The van der Waals surface area contributed by atoms with Crippen molar-refractivity contribution in [2.45, 2.75) is 0 Å². The van der Waals surface area contributed by atoms with Crippen molar-refractivity contribution < 1.29 is 9.90 Å². The van der Waals surface area contributed by atoms with Gasteiger partial charge in [0.2, 0.25) is 0 Å². The minimum absolute atomic E-state index is 0.0156. The molecule has 0 saturated heterocycles. The zero-order valence-corrected chi connectivity index (χ0v) is 7.03. The number of hydrogen-bond acceptors (Lipinski definition) is 4. The van der Waals surface area contributed by atoms with Crippen molar-refractivity contribution in [2.24, 2.45) is 0 Å². The Morgan fingerprint density at radius 2 is 2.00 bits per heavy atom. The third-order valence-electron chi connectivity index (χ3n) is 1.68. The summed E-state index contributed by atoms with van der Waals surface area (Å²) in [5.74, 6) is -1.04. The molecule has 14 heavy (non-hydrogen) atoms. The summed E-state index contributed by atoms with van der Waals surface area (Å²) in [6.07, 6.45) is 4.47. The van der Waals surface area contributed by atoms with Crippen molar-refractivity contribution in [3.8, 4) is 5.69 Å². The minimum atomic E-state index is -1.04. The maximum atomic E-state index is 10.5. The number of pyridine rings is 1. The molecule has 70 valence electrons. The van der Waals surface area contributed by atoms with Crippen molar-refractivity contribution in [2.75, 3.05) is 0 Å². The average Bonchev–Trinajstić information content (AvgIpc) is 2.71. The summed E-state index contributed by atoms with van der Waals surface area (Å²) >= 11 is 0. The molecule has 2 aromatic heterocycles. The van der Waals surface area contributed by atoms with Crippen LogP contribution in [0.4, 0.5) is 0 Å². The summed E-state index contributed by atoms with van der Waals surface area (Å²) < 4.78 is 1.64. The fraction of sp³-hybridized carbons (Fsp3) is 0. The van der Waals surface area contributed by atoms with Crippen molar-refractivity contribution in [1.29, 1.82) is 0 Å². The van der Waals surface area contributed by atoms with Gasteiger partial charge in [0, 0.05) is 0 Å². The van der Waals surface area contributed by atoms with E-state index in [-0.39, 0.29) is 5.69 Å². The van der Waals surface area contributed by atoms with Crippen molar-refractivity contribution in [3.63, 3.8) is 0 Å². The summed E-state index contributed by atoms with van der Waals surface area (Å²) in [6.45, 7) is 0. The maximum Gasteiger partial charge on any atom is 0.354 e. The quantitative estimate of drug-likeness (QED) is 0.739. The van der Waals surface area contributed by atoms with Gasteiger partial charge in [0.15, 0.2) is 0 Å². The average molecular weight is 190 g/mol. The summed E-state index contributed by atoms with van der Waals surface area (Å²) in [7, 11) is 0. The number of aromatic nitrogens is 4. The molecule has 0 aliphatic rings. The zero-order valence-electron chi connectivity index (χ0n) is 7.03. The Labute approximate surface area is 78.9 Å². The lowest BCUT2D eigenvalue weighted by atomic mass is 10.3. The number of nitrogens with zero attached hydrogens (tertiary/aromatic N) is 4. The van der Waals surface area contributed by atoms with E-state index in [1.54, 1.807) is 10.6 Å². The molecule has 6 nitrogen and oxygen atoms in total. The van der Waals surface area contributed by atoms with Crippen LogP contribution in [-0.4, -0.2) is 30.8 Å². The number of aromatic carboxylic acids is 1. The van der Waals surface area contributed by atoms with Gasteiger partial charge in [-0.3, -0.25) is 4.57 Å². The molecule has 0 amide bonds. The molecule has 0 bridgehead atoms. The molecule has 2 heterocycles. The van der Waals surface area contributed by atoms with E-state index in [9.17, 15) is 4.79 Å². The van der Waals surface area contributed by atoms with Crippen LogP contribution in [0.15, 0.2) is 31.0 Å². The molecule has 0 aliphatic heterocycles. The van der Waals surface area contributed by atoms with Crippen LogP contribution < -0.4 is 0 Å². The Balaban J connectivity index is 2.36. The lowest BCUT2D eigenvalue weighted by molar-refractivity contribution is 0.0690. The molecular weight excluding hydrogens is 184 g/mol. The Hall–Kier alpha value is -2.24. The maximum absolute atomic E-state index is 10.5. The second kappa shape index (κ2) is 3.25. The topological polar surface area (TPSA) is 80.9 Å². The first-order valence-electron chi connectivity index (χ1n) is 3.82. The summed E-state index contributed by atoms with van der Waals surface area (Å²) in [5, 5.41) is 15.9. The summed E-state index contributed by atoms with van der Waals surface area (Å²) in [5.41, 5.74) is 0.738. The van der Waals surface area contributed by atoms with Crippen LogP contribution in [0.2, 0.25) is 0 Å². The Morgan fingerprint density at radius 3 is 2.50 bits per heavy atom. The van der Waals surface area contributed by atoms with E-state index in [0.717, 1.165) is 5.69 Å². The fourth-order valence-corrected chi connectivity index (χ4v) is 0.999. The Kier molecular flexibility index (Phi) is 1.94. The number of carbonyl (C=O) groups is 1. The molecule has 0 radical (unpaired) electrons. The smallest absolute Gasteiger partial charge is 0.354 e. The van der Waals surface area contributed by atoms with E-state index < -0.39 is 5.97 Å². The molecule has 1 N–H and O–H groups in total. The number of rotatable bonds is 2. The van der Waals surface area contributed by atoms with Gasteiger partial charge in [0.25, 0.3) is 0 Å². The van der Waals surface area contributed by atoms with E-state index in [2.05, 4.69) is 15.2 Å². The van der Waals surface area contributed by atoms with Crippen LogP contribution in [0.3, 0.4) is 0 Å². The van der Waals surface area contributed by atoms with Gasteiger partial charge >= 0.3 is 5.97 Å². The fourth-order valence-electron chi connectivity index (χ4n) is 0.999.